The minimum atomic E-state index is 0.647. The first kappa shape index (κ1) is 14.0. The van der Waals surface area contributed by atoms with E-state index in [1.807, 2.05) is 13.1 Å². The number of ether oxygens (including phenoxy) is 1. The molecular weight excluding hydrogens is 262 g/mol. The molecular formula is C17H23N3O. The Bertz CT molecular complexity index is 646. The molecule has 112 valence electrons. The van der Waals surface area contributed by atoms with Gasteiger partial charge in [-0.1, -0.05) is 19.4 Å². The van der Waals surface area contributed by atoms with Gasteiger partial charge in [0.2, 0.25) is 5.88 Å². The van der Waals surface area contributed by atoms with E-state index in [0.717, 1.165) is 30.7 Å². The topological polar surface area (TPSA) is 53.1 Å². The predicted molar refractivity (Wildman–Crippen MR) is 84.8 cm³/mol. The summed E-state index contributed by atoms with van der Waals surface area (Å²) in [6.07, 6.45) is 6.80. The molecule has 0 radical (unpaired) electrons. The van der Waals surface area contributed by atoms with E-state index < -0.39 is 0 Å². The van der Waals surface area contributed by atoms with Gasteiger partial charge >= 0.3 is 0 Å². The van der Waals surface area contributed by atoms with E-state index in [2.05, 4.69) is 24.2 Å². The largest absolute Gasteiger partial charge is 0.437 e. The van der Waals surface area contributed by atoms with Gasteiger partial charge in [-0.15, -0.1) is 0 Å². The Hall–Kier alpha value is -1.97. The number of nitrogens with zero attached hydrogens (tertiary/aromatic N) is 2. The molecule has 0 saturated carbocycles. The maximum absolute atomic E-state index is 6.17. The third kappa shape index (κ3) is 2.75. The van der Waals surface area contributed by atoms with Crippen molar-refractivity contribution >= 4 is 5.69 Å². The number of aryl methyl sites for hydroxylation is 4. The average molecular weight is 285 g/mol. The summed E-state index contributed by atoms with van der Waals surface area (Å²) >= 11 is 0. The molecule has 3 rings (SSSR count). The second kappa shape index (κ2) is 5.80. The maximum Gasteiger partial charge on any atom is 0.241 e. The second-order valence-corrected chi connectivity index (χ2v) is 5.78. The van der Waals surface area contributed by atoms with Crippen LogP contribution in [0.3, 0.4) is 0 Å². The lowest BCUT2D eigenvalue weighted by Gasteiger charge is -2.16. The van der Waals surface area contributed by atoms with Crippen molar-refractivity contribution in [1.29, 1.82) is 0 Å². The summed E-state index contributed by atoms with van der Waals surface area (Å²) in [7, 11) is 1.88. The van der Waals surface area contributed by atoms with Crippen LogP contribution >= 0.6 is 0 Å². The summed E-state index contributed by atoms with van der Waals surface area (Å²) < 4.78 is 7.74. The molecule has 0 amide bonds. The van der Waals surface area contributed by atoms with Crippen LogP contribution in [0.2, 0.25) is 0 Å². The first-order valence-corrected chi connectivity index (χ1v) is 7.80. The van der Waals surface area contributed by atoms with E-state index in [0.29, 0.717) is 11.6 Å². The number of hydrogen-bond acceptors (Lipinski definition) is 3. The highest BCUT2D eigenvalue weighted by Gasteiger charge is 2.16. The Kier molecular flexibility index (Phi) is 3.86. The Morgan fingerprint density at radius 1 is 1.24 bits per heavy atom. The molecule has 4 heteroatoms. The highest BCUT2D eigenvalue weighted by Crippen LogP contribution is 2.32. The van der Waals surface area contributed by atoms with Crippen LogP contribution in [-0.2, 0) is 26.3 Å². The fourth-order valence-electron chi connectivity index (χ4n) is 3.01. The summed E-state index contributed by atoms with van der Waals surface area (Å²) in [6.45, 7) is 2.12. The molecule has 1 heterocycles. The molecule has 0 atom stereocenters. The quantitative estimate of drug-likeness (QED) is 0.933. The maximum atomic E-state index is 6.17. The number of rotatable bonds is 4. The van der Waals surface area contributed by atoms with Crippen molar-refractivity contribution in [2.45, 2.75) is 45.4 Å². The van der Waals surface area contributed by atoms with E-state index in [-0.39, 0.29) is 0 Å². The molecule has 1 aliphatic carbocycles. The first-order valence-electron chi connectivity index (χ1n) is 7.80. The average Bonchev–Trinajstić information content (AvgIpc) is 2.75. The zero-order valence-corrected chi connectivity index (χ0v) is 12.9. The minimum absolute atomic E-state index is 0.647. The molecule has 1 aromatic heterocycles. The van der Waals surface area contributed by atoms with Crippen LogP contribution in [0.25, 0.3) is 0 Å². The summed E-state index contributed by atoms with van der Waals surface area (Å²) in [5.74, 6) is 1.50. The highest BCUT2D eigenvalue weighted by molar-refractivity contribution is 5.54. The number of benzene rings is 1. The van der Waals surface area contributed by atoms with Crippen LogP contribution in [0.5, 0.6) is 11.6 Å². The summed E-state index contributed by atoms with van der Waals surface area (Å²) in [5, 5.41) is 4.45. The van der Waals surface area contributed by atoms with Gasteiger partial charge in [0.1, 0.15) is 11.4 Å². The van der Waals surface area contributed by atoms with Crippen molar-refractivity contribution in [3.63, 3.8) is 0 Å². The number of hydrogen-bond donors (Lipinski definition) is 1. The summed E-state index contributed by atoms with van der Waals surface area (Å²) in [5.41, 5.74) is 10.6. The number of nitrogens with two attached hydrogens (primary N) is 1. The van der Waals surface area contributed by atoms with Crippen LogP contribution < -0.4 is 10.5 Å². The lowest BCUT2D eigenvalue weighted by atomic mass is 9.92. The fraction of sp³-hybridized carbons (Fsp3) is 0.471. The van der Waals surface area contributed by atoms with E-state index >= 15 is 0 Å². The Morgan fingerprint density at radius 2 is 2.00 bits per heavy atom. The van der Waals surface area contributed by atoms with E-state index in [4.69, 9.17) is 10.5 Å². The highest BCUT2D eigenvalue weighted by atomic mass is 16.5. The molecule has 0 fully saturated rings. The molecule has 0 saturated heterocycles. The van der Waals surface area contributed by atoms with Crippen LogP contribution in [-0.4, -0.2) is 9.78 Å². The zero-order chi connectivity index (χ0) is 14.8. The van der Waals surface area contributed by atoms with Crippen molar-refractivity contribution in [3.05, 3.63) is 35.0 Å². The number of nitrogen functional groups attached to an aromatic ring is 1. The smallest absolute Gasteiger partial charge is 0.241 e. The van der Waals surface area contributed by atoms with Crippen LogP contribution in [0.1, 0.15) is 43.0 Å². The van der Waals surface area contributed by atoms with Crippen molar-refractivity contribution in [2.75, 3.05) is 5.73 Å². The second-order valence-electron chi connectivity index (χ2n) is 5.78. The van der Waals surface area contributed by atoms with Crippen LogP contribution in [0, 0.1) is 0 Å². The normalized spacial score (nSPS) is 14.0. The van der Waals surface area contributed by atoms with Gasteiger partial charge in [0.25, 0.3) is 0 Å². The van der Waals surface area contributed by atoms with Gasteiger partial charge in [0, 0.05) is 7.05 Å². The third-order valence-corrected chi connectivity index (χ3v) is 4.13. The molecule has 0 unspecified atom stereocenters. The van der Waals surface area contributed by atoms with Gasteiger partial charge < -0.3 is 10.5 Å². The zero-order valence-electron chi connectivity index (χ0n) is 12.9. The summed E-state index contributed by atoms with van der Waals surface area (Å²) in [6, 6.07) is 6.37. The molecule has 2 N–H and O–H groups in total. The molecule has 0 bridgehead atoms. The van der Waals surface area contributed by atoms with Gasteiger partial charge in [-0.2, -0.15) is 5.10 Å². The van der Waals surface area contributed by atoms with Gasteiger partial charge in [0.15, 0.2) is 0 Å². The molecule has 1 aromatic carbocycles. The molecule has 2 aromatic rings. The van der Waals surface area contributed by atoms with Gasteiger partial charge in [0.05, 0.1) is 5.69 Å². The van der Waals surface area contributed by atoms with E-state index in [1.54, 1.807) is 4.68 Å². The van der Waals surface area contributed by atoms with Crippen molar-refractivity contribution < 1.29 is 4.74 Å². The summed E-state index contributed by atoms with van der Waals surface area (Å²) in [4.78, 5) is 0. The SMILES string of the molecule is CCCc1nn(C)c(Oc2ccc3c(c2)CCCC3)c1N. The Balaban J connectivity index is 1.86. The van der Waals surface area contributed by atoms with Crippen LogP contribution in [0.15, 0.2) is 18.2 Å². The van der Waals surface area contributed by atoms with Crippen molar-refractivity contribution in [2.24, 2.45) is 7.05 Å². The molecule has 21 heavy (non-hydrogen) atoms. The van der Waals surface area contributed by atoms with Gasteiger partial charge in [-0.3, -0.25) is 0 Å². The van der Waals surface area contributed by atoms with Crippen LogP contribution in [0.4, 0.5) is 5.69 Å². The van der Waals surface area contributed by atoms with Crippen molar-refractivity contribution in [1.82, 2.24) is 9.78 Å². The first-order chi connectivity index (χ1) is 10.2. The minimum Gasteiger partial charge on any atom is -0.437 e. The van der Waals surface area contributed by atoms with Gasteiger partial charge in [-0.05, 0) is 55.4 Å². The molecule has 4 nitrogen and oxygen atoms in total. The lowest BCUT2D eigenvalue weighted by Crippen LogP contribution is -2.03. The van der Waals surface area contributed by atoms with E-state index in [9.17, 15) is 0 Å². The number of anilines is 1. The molecule has 1 aliphatic rings. The predicted octanol–water partition coefficient (Wildman–Crippen LogP) is 3.63. The van der Waals surface area contributed by atoms with E-state index in [1.165, 1.54) is 30.4 Å². The fourth-order valence-corrected chi connectivity index (χ4v) is 3.01. The monoisotopic (exact) mass is 285 g/mol. The standard InChI is InChI=1S/C17H23N3O/c1-3-6-15-16(18)17(20(2)19-15)21-14-10-9-12-7-4-5-8-13(12)11-14/h9-11H,3-8,18H2,1-2H3. The molecule has 0 spiro atoms. The number of fused-ring (bicyclic) bond motifs is 1. The Labute approximate surface area is 125 Å². The Morgan fingerprint density at radius 3 is 2.76 bits per heavy atom. The lowest BCUT2D eigenvalue weighted by molar-refractivity contribution is 0.431. The van der Waals surface area contributed by atoms with Crippen molar-refractivity contribution in [3.8, 4) is 11.6 Å². The third-order valence-electron chi connectivity index (χ3n) is 4.13. The molecule has 0 aliphatic heterocycles. The number of aromatic nitrogens is 2. The van der Waals surface area contributed by atoms with Gasteiger partial charge in [-0.25, -0.2) is 4.68 Å².